The molecule has 0 saturated carbocycles. The van der Waals surface area contributed by atoms with E-state index >= 15 is 0 Å². The predicted molar refractivity (Wildman–Crippen MR) is 99.9 cm³/mol. The van der Waals surface area contributed by atoms with Crippen LogP contribution in [0.3, 0.4) is 0 Å². The molecule has 2 heterocycles. The monoisotopic (exact) mass is 367 g/mol. The van der Waals surface area contributed by atoms with Gasteiger partial charge in [0.1, 0.15) is 18.0 Å². The van der Waals surface area contributed by atoms with Gasteiger partial charge in [0.2, 0.25) is 0 Å². The van der Waals surface area contributed by atoms with E-state index in [4.69, 9.17) is 10.5 Å². The Balaban J connectivity index is 2.03. The van der Waals surface area contributed by atoms with E-state index in [2.05, 4.69) is 15.1 Å². The number of primary amides is 1. The molecule has 0 aliphatic carbocycles. The number of ether oxygens (including phenoxy) is 1. The summed E-state index contributed by atoms with van der Waals surface area (Å²) in [7, 11) is 0. The van der Waals surface area contributed by atoms with Crippen LogP contribution in [-0.4, -0.2) is 37.2 Å². The van der Waals surface area contributed by atoms with Crippen molar-refractivity contribution in [2.75, 3.05) is 0 Å². The number of hydrogen-bond donors (Lipinski definition) is 1. The van der Waals surface area contributed by atoms with E-state index in [-0.39, 0.29) is 12.2 Å². The number of aryl methyl sites for hydroxylation is 1. The minimum absolute atomic E-state index is 0.100. The molecule has 140 valence electrons. The molecule has 3 rings (SSSR count). The molecule has 0 bridgehead atoms. The molecule has 0 unspecified atom stereocenters. The molecule has 0 aliphatic rings. The summed E-state index contributed by atoms with van der Waals surface area (Å²) >= 11 is 0. The SMILES string of the molecule is Cc1ncc(-c2ccc3c(c2)c(C(N)=O)nn3CC(=O)OC(C)(C)C)cn1. The number of amides is 1. The van der Waals surface area contributed by atoms with Gasteiger partial charge in [0, 0.05) is 23.3 Å². The molecule has 0 fully saturated rings. The van der Waals surface area contributed by atoms with Gasteiger partial charge in [-0.05, 0) is 45.4 Å². The third-order valence-corrected chi connectivity index (χ3v) is 3.80. The van der Waals surface area contributed by atoms with Crippen molar-refractivity contribution in [2.45, 2.75) is 39.8 Å². The summed E-state index contributed by atoms with van der Waals surface area (Å²) in [5, 5.41) is 4.78. The molecule has 2 N–H and O–H groups in total. The number of rotatable bonds is 4. The standard InChI is InChI=1S/C19H21N5O3/c1-11-21-8-13(9-22-11)12-5-6-15-14(7-12)17(18(20)26)23-24(15)10-16(25)27-19(2,3)4/h5-9H,10H2,1-4H3,(H2,20,26). The molecule has 0 aliphatic heterocycles. The van der Waals surface area contributed by atoms with Crippen LogP contribution in [0.25, 0.3) is 22.0 Å². The summed E-state index contributed by atoms with van der Waals surface area (Å²) in [6, 6.07) is 5.44. The molecule has 8 heteroatoms. The van der Waals surface area contributed by atoms with Crippen molar-refractivity contribution in [3.63, 3.8) is 0 Å². The van der Waals surface area contributed by atoms with Crippen LogP contribution in [-0.2, 0) is 16.1 Å². The van der Waals surface area contributed by atoms with Crippen molar-refractivity contribution in [2.24, 2.45) is 5.73 Å². The third-order valence-electron chi connectivity index (χ3n) is 3.80. The molecule has 0 saturated heterocycles. The fourth-order valence-electron chi connectivity index (χ4n) is 2.70. The zero-order valence-electron chi connectivity index (χ0n) is 15.7. The first-order chi connectivity index (χ1) is 12.6. The number of carbonyl (C=O) groups is 2. The van der Waals surface area contributed by atoms with Gasteiger partial charge in [0.05, 0.1) is 5.52 Å². The van der Waals surface area contributed by atoms with Crippen molar-refractivity contribution < 1.29 is 14.3 Å². The summed E-state index contributed by atoms with van der Waals surface area (Å²) in [5.41, 5.74) is 7.21. The van der Waals surface area contributed by atoms with Crippen LogP contribution in [0.5, 0.6) is 0 Å². The maximum absolute atomic E-state index is 12.2. The quantitative estimate of drug-likeness (QED) is 0.708. The first kappa shape index (κ1) is 18.5. The normalized spacial score (nSPS) is 11.6. The van der Waals surface area contributed by atoms with Crippen molar-refractivity contribution >= 4 is 22.8 Å². The lowest BCUT2D eigenvalue weighted by Gasteiger charge is -2.19. The molecule has 0 radical (unpaired) electrons. The van der Waals surface area contributed by atoms with Crippen LogP contribution in [0, 0.1) is 6.92 Å². The highest BCUT2D eigenvalue weighted by Crippen LogP contribution is 2.26. The van der Waals surface area contributed by atoms with E-state index in [1.165, 1.54) is 4.68 Å². The Kier molecular flexibility index (Phi) is 4.65. The third kappa shape index (κ3) is 4.11. The number of esters is 1. The highest BCUT2D eigenvalue weighted by atomic mass is 16.6. The van der Waals surface area contributed by atoms with E-state index in [1.807, 2.05) is 6.07 Å². The van der Waals surface area contributed by atoms with Crippen LogP contribution in [0.1, 0.15) is 37.1 Å². The zero-order valence-corrected chi connectivity index (χ0v) is 15.7. The highest BCUT2D eigenvalue weighted by molar-refractivity contribution is 6.05. The lowest BCUT2D eigenvalue weighted by Crippen LogP contribution is -2.27. The molecule has 2 aromatic heterocycles. The fourth-order valence-corrected chi connectivity index (χ4v) is 2.70. The van der Waals surface area contributed by atoms with E-state index in [1.54, 1.807) is 52.2 Å². The second-order valence-corrected chi connectivity index (χ2v) is 7.21. The Bertz CT molecular complexity index is 1020. The number of hydrogen-bond acceptors (Lipinski definition) is 6. The molecule has 0 spiro atoms. The Morgan fingerprint density at radius 3 is 2.41 bits per heavy atom. The van der Waals surface area contributed by atoms with Crippen molar-refractivity contribution in [1.29, 1.82) is 0 Å². The smallest absolute Gasteiger partial charge is 0.328 e. The minimum Gasteiger partial charge on any atom is -0.459 e. The Morgan fingerprint density at radius 2 is 1.81 bits per heavy atom. The largest absolute Gasteiger partial charge is 0.459 e. The lowest BCUT2D eigenvalue weighted by molar-refractivity contribution is -0.155. The van der Waals surface area contributed by atoms with Gasteiger partial charge in [-0.25, -0.2) is 9.97 Å². The van der Waals surface area contributed by atoms with Gasteiger partial charge in [-0.2, -0.15) is 5.10 Å². The van der Waals surface area contributed by atoms with Gasteiger partial charge in [-0.1, -0.05) is 6.07 Å². The Labute approximate surface area is 156 Å². The van der Waals surface area contributed by atoms with E-state index in [0.717, 1.165) is 11.1 Å². The summed E-state index contributed by atoms with van der Waals surface area (Å²) < 4.78 is 6.76. The molecular formula is C19H21N5O3. The van der Waals surface area contributed by atoms with Crippen molar-refractivity contribution in [1.82, 2.24) is 19.7 Å². The summed E-state index contributed by atoms with van der Waals surface area (Å²) in [4.78, 5) is 32.4. The van der Waals surface area contributed by atoms with Crippen LogP contribution >= 0.6 is 0 Å². The van der Waals surface area contributed by atoms with Crippen molar-refractivity contribution in [3.05, 3.63) is 42.1 Å². The Hall–Kier alpha value is -3.29. The fraction of sp³-hybridized carbons (Fsp3) is 0.316. The predicted octanol–water partition coefficient (Wildman–Crippen LogP) is 2.24. The number of carbonyl (C=O) groups excluding carboxylic acids is 2. The van der Waals surface area contributed by atoms with Crippen LogP contribution in [0.15, 0.2) is 30.6 Å². The number of nitrogens with two attached hydrogens (primary N) is 1. The van der Waals surface area contributed by atoms with E-state index in [9.17, 15) is 9.59 Å². The van der Waals surface area contributed by atoms with Gasteiger partial charge in [-0.15, -0.1) is 0 Å². The molecule has 1 aromatic carbocycles. The number of fused-ring (bicyclic) bond motifs is 1. The van der Waals surface area contributed by atoms with Gasteiger partial charge >= 0.3 is 5.97 Å². The van der Waals surface area contributed by atoms with Gasteiger partial charge < -0.3 is 10.5 Å². The van der Waals surface area contributed by atoms with Crippen LogP contribution < -0.4 is 5.73 Å². The molecule has 1 amide bonds. The minimum atomic E-state index is -0.666. The molecule has 0 atom stereocenters. The first-order valence-electron chi connectivity index (χ1n) is 8.45. The first-order valence-corrected chi connectivity index (χ1v) is 8.45. The van der Waals surface area contributed by atoms with E-state index in [0.29, 0.717) is 16.7 Å². The summed E-state index contributed by atoms with van der Waals surface area (Å²) in [5.74, 6) is -0.443. The van der Waals surface area contributed by atoms with Gasteiger partial charge in [0.15, 0.2) is 5.69 Å². The maximum Gasteiger partial charge on any atom is 0.328 e. The molecule has 8 nitrogen and oxygen atoms in total. The maximum atomic E-state index is 12.2. The van der Waals surface area contributed by atoms with Crippen LogP contribution in [0.4, 0.5) is 0 Å². The summed E-state index contributed by atoms with van der Waals surface area (Å²) in [6.07, 6.45) is 3.41. The average molecular weight is 367 g/mol. The highest BCUT2D eigenvalue weighted by Gasteiger charge is 2.21. The number of aromatic nitrogens is 4. The van der Waals surface area contributed by atoms with E-state index < -0.39 is 17.5 Å². The molecule has 27 heavy (non-hydrogen) atoms. The summed E-state index contributed by atoms with van der Waals surface area (Å²) in [6.45, 7) is 7.05. The number of benzene rings is 1. The van der Waals surface area contributed by atoms with Gasteiger partial charge in [0.25, 0.3) is 5.91 Å². The van der Waals surface area contributed by atoms with Crippen LogP contribution in [0.2, 0.25) is 0 Å². The Morgan fingerprint density at radius 1 is 1.15 bits per heavy atom. The zero-order chi connectivity index (χ0) is 19.8. The number of nitrogens with zero attached hydrogens (tertiary/aromatic N) is 4. The molecular weight excluding hydrogens is 346 g/mol. The van der Waals surface area contributed by atoms with Crippen molar-refractivity contribution in [3.8, 4) is 11.1 Å². The molecule has 3 aromatic rings. The topological polar surface area (TPSA) is 113 Å². The lowest BCUT2D eigenvalue weighted by atomic mass is 10.1. The van der Waals surface area contributed by atoms with Gasteiger partial charge in [-0.3, -0.25) is 14.3 Å². The second kappa shape index (κ2) is 6.79. The average Bonchev–Trinajstić information content (AvgIpc) is 2.92. The second-order valence-electron chi connectivity index (χ2n) is 7.21.